The van der Waals surface area contributed by atoms with Gasteiger partial charge in [-0.2, -0.15) is 0 Å². The summed E-state index contributed by atoms with van der Waals surface area (Å²) in [5.41, 5.74) is 0. The van der Waals surface area contributed by atoms with E-state index >= 15 is 0 Å². The highest BCUT2D eigenvalue weighted by molar-refractivity contribution is 7.09. The molecule has 4 nitrogen and oxygen atoms in total. The number of aliphatic hydroxyl groups is 1. The summed E-state index contributed by atoms with van der Waals surface area (Å²) in [5, 5.41) is 12.2. The SMILES string of the molecule is CC(C)N(Cc1cccs1)C[C@H](O)COCc1ccco1. The number of aliphatic hydroxyl groups excluding tert-OH is 1. The van der Waals surface area contributed by atoms with Crippen molar-refractivity contribution in [2.75, 3.05) is 13.2 Å². The second kappa shape index (κ2) is 8.34. The van der Waals surface area contributed by atoms with Gasteiger partial charge in [-0.1, -0.05) is 6.07 Å². The van der Waals surface area contributed by atoms with Gasteiger partial charge in [-0.05, 0) is 37.4 Å². The zero-order valence-electron chi connectivity index (χ0n) is 12.6. The zero-order chi connectivity index (χ0) is 15.1. The topological polar surface area (TPSA) is 45.8 Å². The van der Waals surface area contributed by atoms with Crippen LogP contribution in [0.2, 0.25) is 0 Å². The van der Waals surface area contributed by atoms with Crippen LogP contribution in [-0.2, 0) is 17.9 Å². The van der Waals surface area contributed by atoms with Gasteiger partial charge in [-0.25, -0.2) is 0 Å². The van der Waals surface area contributed by atoms with Crippen molar-refractivity contribution in [1.29, 1.82) is 0 Å². The number of furan rings is 1. The quantitative estimate of drug-likeness (QED) is 0.773. The normalized spacial score (nSPS) is 13.2. The molecule has 0 aliphatic rings. The summed E-state index contributed by atoms with van der Waals surface area (Å²) in [5.74, 6) is 0.779. The monoisotopic (exact) mass is 309 g/mol. The molecule has 1 N–H and O–H groups in total. The standard InChI is InChI=1S/C16H23NO3S/c1-13(2)17(10-16-6-4-8-21-16)9-14(18)11-19-12-15-5-3-7-20-15/h3-8,13-14,18H,9-12H2,1-2H3/t14-/m0/s1. The summed E-state index contributed by atoms with van der Waals surface area (Å²) >= 11 is 1.74. The van der Waals surface area contributed by atoms with Crippen molar-refractivity contribution < 1.29 is 14.3 Å². The molecule has 0 radical (unpaired) electrons. The minimum atomic E-state index is -0.498. The Morgan fingerprint density at radius 1 is 1.33 bits per heavy atom. The Balaban J connectivity index is 1.74. The highest BCUT2D eigenvalue weighted by Gasteiger charge is 2.16. The Hall–Kier alpha value is -1.14. The second-order valence-corrected chi connectivity index (χ2v) is 6.38. The number of thiophene rings is 1. The molecule has 116 valence electrons. The van der Waals surface area contributed by atoms with Crippen LogP contribution in [0.3, 0.4) is 0 Å². The molecule has 1 atom stereocenters. The van der Waals surface area contributed by atoms with E-state index in [4.69, 9.17) is 9.15 Å². The predicted molar refractivity (Wildman–Crippen MR) is 84.2 cm³/mol. The lowest BCUT2D eigenvalue weighted by Crippen LogP contribution is -2.38. The number of ether oxygens (including phenoxy) is 1. The Labute approximate surface area is 130 Å². The van der Waals surface area contributed by atoms with E-state index in [0.29, 0.717) is 25.8 Å². The van der Waals surface area contributed by atoms with E-state index in [1.54, 1.807) is 17.6 Å². The lowest BCUT2D eigenvalue weighted by molar-refractivity contribution is -0.000979. The van der Waals surface area contributed by atoms with E-state index in [2.05, 4.69) is 36.3 Å². The molecule has 2 aromatic rings. The Kier molecular flexibility index (Phi) is 6.45. The fourth-order valence-corrected chi connectivity index (χ4v) is 2.80. The van der Waals surface area contributed by atoms with E-state index in [9.17, 15) is 5.11 Å². The minimum absolute atomic E-state index is 0.314. The van der Waals surface area contributed by atoms with Crippen molar-refractivity contribution in [3.05, 3.63) is 46.5 Å². The highest BCUT2D eigenvalue weighted by atomic mass is 32.1. The number of hydrogen-bond donors (Lipinski definition) is 1. The summed E-state index contributed by atoms with van der Waals surface area (Å²) in [7, 11) is 0. The molecule has 0 spiro atoms. The summed E-state index contributed by atoms with van der Waals surface area (Å²) in [6.07, 6.45) is 1.12. The van der Waals surface area contributed by atoms with Gasteiger partial charge in [-0.3, -0.25) is 4.90 Å². The molecule has 21 heavy (non-hydrogen) atoms. The zero-order valence-corrected chi connectivity index (χ0v) is 13.4. The molecule has 2 heterocycles. The van der Waals surface area contributed by atoms with Crippen molar-refractivity contribution in [2.45, 2.75) is 39.1 Å². The maximum atomic E-state index is 10.1. The van der Waals surface area contributed by atoms with Gasteiger partial charge in [0.2, 0.25) is 0 Å². The maximum Gasteiger partial charge on any atom is 0.129 e. The third-order valence-corrected chi connectivity index (χ3v) is 4.11. The predicted octanol–water partition coefficient (Wildman–Crippen LogP) is 3.13. The first-order chi connectivity index (χ1) is 10.1. The van der Waals surface area contributed by atoms with E-state index < -0.39 is 6.10 Å². The summed E-state index contributed by atoms with van der Waals surface area (Å²) < 4.78 is 10.7. The third-order valence-electron chi connectivity index (χ3n) is 3.25. The average molecular weight is 309 g/mol. The fraction of sp³-hybridized carbons (Fsp3) is 0.500. The molecular weight excluding hydrogens is 286 g/mol. The van der Waals surface area contributed by atoms with Crippen molar-refractivity contribution in [3.8, 4) is 0 Å². The Morgan fingerprint density at radius 3 is 2.81 bits per heavy atom. The molecule has 0 fully saturated rings. The van der Waals surface area contributed by atoms with Crippen molar-refractivity contribution in [1.82, 2.24) is 4.90 Å². The second-order valence-electron chi connectivity index (χ2n) is 5.35. The van der Waals surface area contributed by atoms with Crippen LogP contribution in [0.15, 0.2) is 40.3 Å². The van der Waals surface area contributed by atoms with Crippen LogP contribution < -0.4 is 0 Å². The molecular formula is C16H23NO3S. The van der Waals surface area contributed by atoms with Gasteiger partial charge >= 0.3 is 0 Å². The van der Waals surface area contributed by atoms with Gasteiger partial charge in [-0.15, -0.1) is 11.3 Å². The molecule has 2 rings (SSSR count). The van der Waals surface area contributed by atoms with Crippen LogP contribution in [0.1, 0.15) is 24.5 Å². The first kappa shape index (κ1) is 16.2. The minimum Gasteiger partial charge on any atom is -0.467 e. The van der Waals surface area contributed by atoms with Crippen LogP contribution in [0.5, 0.6) is 0 Å². The molecule has 2 aromatic heterocycles. The molecule has 0 aliphatic heterocycles. The van der Waals surface area contributed by atoms with E-state index in [0.717, 1.165) is 12.3 Å². The molecule has 0 unspecified atom stereocenters. The smallest absolute Gasteiger partial charge is 0.129 e. The largest absolute Gasteiger partial charge is 0.467 e. The van der Waals surface area contributed by atoms with Gasteiger partial charge in [0, 0.05) is 24.0 Å². The van der Waals surface area contributed by atoms with E-state index in [1.807, 2.05) is 12.1 Å². The average Bonchev–Trinajstić information content (AvgIpc) is 3.10. The van der Waals surface area contributed by atoms with Crippen LogP contribution in [0, 0.1) is 0 Å². The molecule has 0 aliphatic carbocycles. The van der Waals surface area contributed by atoms with Gasteiger partial charge in [0.25, 0.3) is 0 Å². The number of hydrogen-bond acceptors (Lipinski definition) is 5. The van der Waals surface area contributed by atoms with Crippen LogP contribution in [0.4, 0.5) is 0 Å². The Morgan fingerprint density at radius 2 is 2.19 bits per heavy atom. The summed E-state index contributed by atoms with van der Waals surface area (Å²) in [6.45, 7) is 6.47. The number of nitrogens with zero attached hydrogens (tertiary/aromatic N) is 1. The first-order valence-electron chi connectivity index (χ1n) is 7.19. The van der Waals surface area contributed by atoms with E-state index in [1.165, 1.54) is 4.88 Å². The van der Waals surface area contributed by atoms with Crippen molar-refractivity contribution in [2.24, 2.45) is 0 Å². The van der Waals surface area contributed by atoms with Crippen LogP contribution in [-0.4, -0.2) is 35.3 Å². The van der Waals surface area contributed by atoms with Crippen LogP contribution in [0.25, 0.3) is 0 Å². The Bertz CT molecular complexity index is 482. The van der Waals surface area contributed by atoms with Gasteiger partial charge in [0.15, 0.2) is 0 Å². The third kappa shape index (κ3) is 5.63. The van der Waals surface area contributed by atoms with Crippen LogP contribution >= 0.6 is 11.3 Å². The molecule has 0 saturated carbocycles. The van der Waals surface area contributed by atoms with E-state index in [-0.39, 0.29) is 0 Å². The van der Waals surface area contributed by atoms with Crippen molar-refractivity contribution in [3.63, 3.8) is 0 Å². The van der Waals surface area contributed by atoms with Crippen molar-refractivity contribution >= 4 is 11.3 Å². The summed E-state index contributed by atoms with van der Waals surface area (Å²) in [6, 6.07) is 8.26. The lowest BCUT2D eigenvalue weighted by Gasteiger charge is -2.28. The molecule has 0 amide bonds. The lowest BCUT2D eigenvalue weighted by atomic mass is 10.2. The molecule has 0 bridgehead atoms. The fourth-order valence-electron chi connectivity index (χ4n) is 2.07. The van der Waals surface area contributed by atoms with Gasteiger partial charge in [0.05, 0.1) is 19.0 Å². The maximum absolute atomic E-state index is 10.1. The molecule has 5 heteroatoms. The summed E-state index contributed by atoms with van der Waals surface area (Å²) in [4.78, 5) is 3.57. The molecule has 0 aromatic carbocycles. The number of rotatable bonds is 9. The first-order valence-corrected chi connectivity index (χ1v) is 8.07. The highest BCUT2D eigenvalue weighted by Crippen LogP contribution is 2.14. The van der Waals surface area contributed by atoms with Gasteiger partial charge < -0.3 is 14.3 Å². The van der Waals surface area contributed by atoms with Gasteiger partial charge in [0.1, 0.15) is 12.4 Å². The molecule has 0 saturated heterocycles.